The maximum atomic E-state index is 12.5. The SMILES string of the molecule is CC[C@H](C)c1ccccc1NC(=O)c1cccc(C)c1[N+](=O)[O-]. The number of aryl methyl sites for hydroxylation is 1. The number of hydrogen-bond acceptors (Lipinski definition) is 3. The molecule has 5 heteroatoms. The van der Waals surface area contributed by atoms with E-state index in [4.69, 9.17) is 0 Å². The molecule has 0 aliphatic heterocycles. The van der Waals surface area contributed by atoms with Gasteiger partial charge in [-0.05, 0) is 37.0 Å². The molecule has 2 aromatic rings. The number of rotatable bonds is 5. The molecular weight excluding hydrogens is 292 g/mol. The van der Waals surface area contributed by atoms with Gasteiger partial charge in [0.15, 0.2) is 0 Å². The summed E-state index contributed by atoms with van der Waals surface area (Å²) >= 11 is 0. The van der Waals surface area contributed by atoms with E-state index in [-0.39, 0.29) is 11.3 Å². The van der Waals surface area contributed by atoms with E-state index in [1.807, 2.05) is 24.3 Å². The Morgan fingerprint density at radius 2 is 1.91 bits per heavy atom. The number of benzene rings is 2. The molecule has 0 unspecified atom stereocenters. The van der Waals surface area contributed by atoms with E-state index in [0.29, 0.717) is 17.2 Å². The van der Waals surface area contributed by atoms with Crippen molar-refractivity contribution in [3.63, 3.8) is 0 Å². The molecule has 5 nitrogen and oxygen atoms in total. The lowest BCUT2D eigenvalue weighted by Crippen LogP contribution is -2.16. The summed E-state index contributed by atoms with van der Waals surface area (Å²) in [5.74, 6) is -0.171. The number of nitrogens with one attached hydrogen (secondary N) is 1. The molecule has 1 amide bonds. The largest absolute Gasteiger partial charge is 0.322 e. The van der Waals surface area contributed by atoms with Crippen LogP contribution in [0.3, 0.4) is 0 Å². The van der Waals surface area contributed by atoms with Crippen LogP contribution in [0.4, 0.5) is 11.4 Å². The van der Waals surface area contributed by atoms with Crippen LogP contribution in [-0.2, 0) is 0 Å². The van der Waals surface area contributed by atoms with E-state index in [9.17, 15) is 14.9 Å². The molecule has 0 fully saturated rings. The van der Waals surface area contributed by atoms with E-state index in [0.717, 1.165) is 12.0 Å². The van der Waals surface area contributed by atoms with E-state index in [1.54, 1.807) is 19.1 Å². The summed E-state index contributed by atoms with van der Waals surface area (Å²) in [4.78, 5) is 23.3. The molecule has 0 radical (unpaired) electrons. The fraction of sp³-hybridized carbons (Fsp3) is 0.278. The van der Waals surface area contributed by atoms with Crippen molar-refractivity contribution in [3.05, 3.63) is 69.3 Å². The molecule has 0 heterocycles. The zero-order chi connectivity index (χ0) is 17.0. The van der Waals surface area contributed by atoms with Gasteiger partial charge in [0, 0.05) is 11.3 Å². The monoisotopic (exact) mass is 312 g/mol. The number of nitrogens with zero attached hydrogens (tertiary/aromatic N) is 1. The molecule has 0 aromatic heterocycles. The fourth-order valence-corrected chi connectivity index (χ4v) is 2.53. The second kappa shape index (κ2) is 7.05. The Balaban J connectivity index is 2.38. The smallest absolute Gasteiger partial charge is 0.285 e. The number of carbonyl (C=O) groups is 1. The fourth-order valence-electron chi connectivity index (χ4n) is 2.53. The number of para-hydroxylation sites is 2. The van der Waals surface area contributed by atoms with Crippen molar-refractivity contribution in [2.24, 2.45) is 0 Å². The molecule has 120 valence electrons. The molecule has 1 N–H and O–H groups in total. The van der Waals surface area contributed by atoms with Crippen LogP contribution in [0.15, 0.2) is 42.5 Å². The summed E-state index contributed by atoms with van der Waals surface area (Å²) in [6, 6.07) is 12.3. The molecule has 0 saturated carbocycles. The Labute approximate surface area is 135 Å². The minimum atomic E-state index is -0.509. The van der Waals surface area contributed by atoms with Gasteiger partial charge in [-0.2, -0.15) is 0 Å². The van der Waals surface area contributed by atoms with Gasteiger partial charge in [0.25, 0.3) is 11.6 Å². The first-order chi connectivity index (χ1) is 11.0. The molecule has 0 aliphatic carbocycles. The lowest BCUT2D eigenvalue weighted by molar-refractivity contribution is -0.385. The first kappa shape index (κ1) is 16.7. The molecule has 0 aliphatic rings. The maximum Gasteiger partial charge on any atom is 0.285 e. The van der Waals surface area contributed by atoms with Gasteiger partial charge in [0.05, 0.1) is 4.92 Å². The van der Waals surface area contributed by atoms with Gasteiger partial charge in [0.1, 0.15) is 5.56 Å². The molecule has 2 aromatic carbocycles. The lowest BCUT2D eigenvalue weighted by Gasteiger charge is -2.15. The minimum Gasteiger partial charge on any atom is -0.322 e. The van der Waals surface area contributed by atoms with Crippen molar-refractivity contribution < 1.29 is 9.72 Å². The van der Waals surface area contributed by atoms with Crippen molar-refractivity contribution in [1.82, 2.24) is 0 Å². The highest BCUT2D eigenvalue weighted by Gasteiger charge is 2.23. The number of anilines is 1. The zero-order valence-corrected chi connectivity index (χ0v) is 13.5. The molecule has 0 saturated heterocycles. The van der Waals surface area contributed by atoms with Crippen molar-refractivity contribution in [2.45, 2.75) is 33.1 Å². The Morgan fingerprint density at radius 3 is 2.57 bits per heavy atom. The first-order valence-corrected chi connectivity index (χ1v) is 7.60. The molecule has 0 bridgehead atoms. The maximum absolute atomic E-state index is 12.5. The van der Waals surface area contributed by atoms with Gasteiger partial charge >= 0.3 is 0 Å². The average molecular weight is 312 g/mol. The highest BCUT2D eigenvalue weighted by Crippen LogP contribution is 2.28. The summed E-state index contributed by atoms with van der Waals surface area (Å²) in [6.07, 6.45) is 0.942. The van der Waals surface area contributed by atoms with E-state index < -0.39 is 10.8 Å². The predicted molar refractivity (Wildman–Crippen MR) is 90.9 cm³/mol. The van der Waals surface area contributed by atoms with E-state index in [1.165, 1.54) is 6.07 Å². The standard InChI is InChI=1S/C18H20N2O3/c1-4-12(2)14-9-5-6-11-16(14)19-18(21)15-10-7-8-13(3)17(15)20(22)23/h5-12H,4H2,1-3H3,(H,19,21)/t12-/m0/s1. The second-order valence-electron chi connectivity index (χ2n) is 5.58. The van der Waals surface area contributed by atoms with Crippen LogP contribution in [-0.4, -0.2) is 10.8 Å². The Kier molecular flexibility index (Phi) is 5.11. The summed E-state index contributed by atoms with van der Waals surface area (Å²) in [6.45, 7) is 5.79. The van der Waals surface area contributed by atoms with Crippen LogP contribution in [0.2, 0.25) is 0 Å². The number of amides is 1. The van der Waals surface area contributed by atoms with Crippen LogP contribution in [0.25, 0.3) is 0 Å². The predicted octanol–water partition coefficient (Wildman–Crippen LogP) is 4.67. The van der Waals surface area contributed by atoms with Crippen molar-refractivity contribution in [3.8, 4) is 0 Å². The summed E-state index contributed by atoms with van der Waals surface area (Å²) in [5.41, 5.74) is 2.12. The topological polar surface area (TPSA) is 72.2 Å². The van der Waals surface area contributed by atoms with Gasteiger partial charge in [0.2, 0.25) is 0 Å². The van der Waals surface area contributed by atoms with E-state index >= 15 is 0 Å². The van der Waals surface area contributed by atoms with Gasteiger partial charge in [-0.3, -0.25) is 14.9 Å². The summed E-state index contributed by atoms with van der Waals surface area (Å²) in [5, 5.41) is 14.1. The minimum absolute atomic E-state index is 0.0777. The van der Waals surface area contributed by atoms with Crippen LogP contribution in [0.5, 0.6) is 0 Å². The van der Waals surface area contributed by atoms with E-state index in [2.05, 4.69) is 19.2 Å². The lowest BCUT2D eigenvalue weighted by atomic mass is 9.96. The Bertz CT molecular complexity index is 741. The zero-order valence-electron chi connectivity index (χ0n) is 13.5. The summed E-state index contributed by atoms with van der Waals surface area (Å²) in [7, 11) is 0. The second-order valence-corrected chi connectivity index (χ2v) is 5.58. The summed E-state index contributed by atoms with van der Waals surface area (Å²) < 4.78 is 0. The number of nitro groups is 1. The quantitative estimate of drug-likeness (QED) is 0.644. The average Bonchev–Trinajstić information content (AvgIpc) is 2.54. The van der Waals surface area contributed by atoms with Gasteiger partial charge < -0.3 is 5.32 Å². The Hall–Kier alpha value is -2.69. The number of hydrogen-bond donors (Lipinski definition) is 1. The van der Waals surface area contributed by atoms with Crippen molar-refractivity contribution in [2.75, 3.05) is 5.32 Å². The molecule has 0 spiro atoms. The van der Waals surface area contributed by atoms with Crippen molar-refractivity contribution in [1.29, 1.82) is 0 Å². The Morgan fingerprint density at radius 1 is 1.22 bits per heavy atom. The first-order valence-electron chi connectivity index (χ1n) is 7.60. The van der Waals surface area contributed by atoms with Crippen LogP contribution < -0.4 is 5.32 Å². The van der Waals surface area contributed by atoms with Crippen LogP contribution >= 0.6 is 0 Å². The molecular formula is C18H20N2O3. The van der Waals surface area contributed by atoms with Crippen LogP contribution in [0, 0.1) is 17.0 Å². The van der Waals surface area contributed by atoms with Crippen molar-refractivity contribution >= 4 is 17.3 Å². The normalized spacial score (nSPS) is 11.8. The highest BCUT2D eigenvalue weighted by molar-refractivity contribution is 6.07. The number of carbonyl (C=O) groups excluding carboxylic acids is 1. The van der Waals surface area contributed by atoms with Crippen LogP contribution in [0.1, 0.15) is 47.7 Å². The van der Waals surface area contributed by atoms with Gasteiger partial charge in [-0.25, -0.2) is 0 Å². The number of nitro benzene ring substituents is 1. The molecule has 1 atom stereocenters. The third-order valence-electron chi connectivity index (χ3n) is 4.02. The molecule has 2 rings (SSSR count). The third kappa shape index (κ3) is 3.56. The van der Waals surface area contributed by atoms with Gasteiger partial charge in [-0.1, -0.05) is 44.2 Å². The highest BCUT2D eigenvalue weighted by atomic mass is 16.6. The van der Waals surface area contributed by atoms with Gasteiger partial charge in [-0.15, -0.1) is 0 Å². The third-order valence-corrected chi connectivity index (χ3v) is 4.02. The molecule has 23 heavy (non-hydrogen) atoms.